The van der Waals surface area contributed by atoms with Crippen LogP contribution in [0.4, 0.5) is 0 Å². The van der Waals surface area contributed by atoms with Crippen LogP contribution >= 0.6 is 0 Å². The molecule has 0 aromatic heterocycles. The normalized spacial score (nSPS) is 21.2. The van der Waals surface area contributed by atoms with Crippen molar-refractivity contribution in [2.75, 3.05) is 6.54 Å². The van der Waals surface area contributed by atoms with E-state index in [1.165, 1.54) is 6.92 Å². The molecule has 0 aromatic carbocycles. The minimum Gasteiger partial charge on any atom is -0.478 e. The highest BCUT2D eigenvalue weighted by Gasteiger charge is 2.34. The topological polar surface area (TPSA) is 98.7 Å². The Balaban J connectivity index is 2.94. The van der Waals surface area contributed by atoms with Crippen molar-refractivity contribution < 1.29 is 19.5 Å². The predicted molar refractivity (Wildman–Crippen MR) is 119 cm³/mol. The van der Waals surface area contributed by atoms with E-state index < -0.39 is 18.1 Å². The van der Waals surface area contributed by atoms with E-state index in [4.69, 9.17) is 5.11 Å². The highest BCUT2D eigenvalue weighted by molar-refractivity contribution is 5.90. The molecule has 0 radical (unpaired) electrons. The molecule has 1 fully saturated rings. The second-order valence-corrected chi connectivity index (χ2v) is 9.17. The standard InChI is InChI=1S/C23H41N3O4/c1-8-17(7)26-12-10-9-11-19(26)21(27)25-20(15(4)5)22(28)24-18(14(2)3)13-16(6)23(29)30/h13-15,17-20H,8-12H2,1-7H3,(H,24,28)(H,25,27)(H,29,30)/b16-13+. The summed E-state index contributed by atoms with van der Waals surface area (Å²) >= 11 is 0. The monoisotopic (exact) mass is 423 g/mol. The van der Waals surface area contributed by atoms with Crippen LogP contribution in [0.1, 0.15) is 74.1 Å². The third-order valence-corrected chi connectivity index (χ3v) is 6.04. The molecule has 1 saturated heterocycles. The van der Waals surface area contributed by atoms with Crippen LogP contribution in [0.2, 0.25) is 0 Å². The maximum Gasteiger partial charge on any atom is 0.331 e. The van der Waals surface area contributed by atoms with E-state index in [0.717, 1.165) is 32.2 Å². The minimum atomic E-state index is -1.01. The van der Waals surface area contributed by atoms with E-state index in [0.29, 0.717) is 6.04 Å². The van der Waals surface area contributed by atoms with Crippen LogP contribution in [0.5, 0.6) is 0 Å². The fourth-order valence-electron chi connectivity index (χ4n) is 3.78. The molecule has 2 amide bonds. The van der Waals surface area contributed by atoms with Gasteiger partial charge in [-0.2, -0.15) is 0 Å². The van der Waals surface area contributed by atoms with Gasteiger partial charge in [0.05, 0.1) is 12.1 Å². The van der Waals surface area contributed by atoms with Gasteiger partial charge in [0, 0.05) is 11.6 Å². The summed E-state index contributed by atoms with van der Waals surface area (Å²) in [5, 5.41) is 15.1. The molecule has 4 atom stereocenters. The zero-order valence-electron chi connectivity index (χ0n) is 19.7. The van der Waals surface area contributed by atoms with Gasteiger partial charge in [0.25, 0.3) is 0 Å². The molecule has 7 nitrogen and oxygen atoms in total. The number of carboxylic acids is 1. The molecule has 1 rings (SSSR count). The number of aliphatic carboxylic acids is 1. The number of amides is 2. The third kappa shape index (κ3) is 7.42. The Bertz CT molecular complexity index is 630. The Morgan fingerprint density at radius 2 is 1.70 bits per heavy atom. The van der Waals surface area contributed by atoms with Gasteiger partial charge >= 0.3 is 5.97 Å². The van der Waals surface area contributed by atoms with Gasteiger partial charge in [0.2, 0.25) is 11.8 Å². The van der Waals surface area contributed by atoms with Crippen molar-refractivity contribution in [2.45, 2.75) is 98.3 Å². The number of likely N-dealkylation sites (tertiary alicyclic amines) is 1. The zero-order chi connectivity index (χ0) is 23.0. The summed E-state index contributed by atoms with van der Waals surface area (Å²) in [7, 11) is 0. The number of hydrogen-bond acceptors (Lipinski definition) is 4. The zero-order valence-corrected chi connectivity index (χ0v) is 19.7. The molecule has 0 bridgehead atoms. The molecular weight excluding hydrogens is 382 g/mol. The average Bonchev–Trinajstić information content (AvgIpc) is 2.69. The SMILES string of the molecule is CCC(C)N1CCCCC1C(=O)NC(C(=O)NC(/C=C(\C)C(=O)O)C(C)C)C(C)C. The fourth-order valence-corrected chi connectivity index (χ4v) is 3.78. The molecule has 0 aromatic rings. The van der Waals surface area contributed by atoms with Gasteiger partial charge in [0.15, 0.2) is 0 Å². The van der Waals surface area contributed by atoms with E-state index in [1.807, 2.05) is 27.7 Å². The summed E-state index contributed by atoms with van der Waals surface area (Å²) in [6.45, 7) is 14.3. The molecule has 1 aliphatic rings. The van der Waals surface area contributed by atoms with E-state index in [-0.39, 0.29) is 35.3 Å². The first-order valence-corrected chi connectivity index (χ1v) is 11.3. The largest absolute Gasteiger partial charge is 0.478 e. The van der Waals surface area contributed by atoms with Crippen LogP contribution in [0, 0.1) is 11.8 Å². The predicted octanol–water partition coefficient (Wildman–Crippen LogP) is 2.95. The molecule has 4 unspecified atom stereocenters. The number of carbonyl (C=O) groups excluding carboxylic acids is 2. The maximum atomic E-state index is 13.1. The Hall–Kier alpha value is -1.89. The molecule has 1 heterocycles. The summed E-state index contributed by atoms with van der Waals surface area (Å²) < 4.78 is 0. The molecule has 0 saturated carbocycles. The van der Waals surface area contributed by atoms with Crippen molar-refractivity contribution in [2.24, 2.45) is 11.8 Å². The number of carbonyl (C=O) groups is 3. The van der Waals surface area contributed by atoms with Crippen molar-refractivity contribution in [3.63, 3.8) is 0 Å². The molecule has 7 heteroatoms. The lowest BCUT2D eigenvalue weighted by Gasteiger charge is -2.39. The first kappa shape index (κ1) is 26.1. The van der Waals surface area contributed by atoms with Crippen molar-refractivity contribution in [3.05, 3.63) is 11.6 Å². The van der Waals surface area contributed by atoms with Gasteiger partial charge in [-0.1, -0.05) is 47.1 Å². The van der Waals surface area contributed by atoms with Gasteiger partial charge in [-0.15, -0.1) is 0 Å². The minimum absolute atomic E-state index is 0.0194. The molecule has 172 valence electrons. The lowest BCUT2D eigenvalue weighted by atomic mass is 9.96. The highest BCUT2D eigenvalue weighted by atomic mass is 16.4. The molecule has 3 N–H and O–H groups in total. The summed E-state index contributed by atoms with van der Waals surface area (Å²) in [6.07, 6.45) is 5.45. The van der Waals surface area contributed by atoms with E-state index in [9.17, 15) is 14.4 Å². The highest BCUT2D eigenvalue weighted by Crippen LogP contribution is 2.21. The number of hydrogen-bond donors (Lipinski definition) is 3. The first-order valence-electron chi connectivity index (χ1n) is 11.3. The Morgan fingerprint density at radius 1 is 1.07 bits per heavy atom. The molecule has 0 aliphatic carbocycles. The van der Waals surface area contributed by atoms with Crippen LogP contribution in [-0.2, 0) is 14.4 Å². The summed E-state index contributed by atoms with van der Waals surface area (Å²) in [5.74, 6) is -1.46. The van der Waals surface area contributed by atoms with Crippen LogP contribution in [0.25, 0.3) is 0 Å². The smallest absolute Gasteiger partial charge is 0.331 e. The first-order chi connectivity index (χ1) is 14.0. The number of nitrogens with one attached hydrogen (secondary N) is 2. The van der Waals surface area contributed by atoms with Crippen molar-refractivity contribution >= 4 is 17.8 Å². The Labute approximate surface area is 181 Å². The van der Waals surface area contributed by atoms with E-state index in [2.05, 4.69) is 29.4 Å². The molecule has 30 heavy (non-hydrogen) atoms. The van der Waals surface area contributed by atoms with Crippen molar-refractivity contribution in [3.8, 4) is 0 Å². The summed E-state index contributed by atoms with van der Waals surface area (Å²) in [4.78, 5) is 39.6. The van der Waals surface area contributed by atoms with Crippen LogP contribution < -0.4 is 10.6 Å². The number of rotatable bonds is 10. The fraction of sp³-hybridized carbons (Fsp3) is 0.783. The van der Waals surface area contributed by atoms with Crippen LogP contribution in [0.3, 0.4) is 0 Å². The number of piperidine rings is 1. The van der Waals surface area contributed by atoms with Crippen LogP contribution in [0.15, 0.2) is 11.6 Å². The van der Waals surface area contributed by atoms with Gasteiger partial charge in [-0.3, -0.25) is 14.5 Å². The number of nitrogens with zero attached hydrogens (tertiary/aromatic N) is 1. The van der Waals surface area contributed by atoms with Crippen molar-refractivity contribution in [1.82, 2.24) is 15.5 Å². The second-order valence-electron chi connectivity index (χ2n) is 9.17. The molecular formula is C23H41N3O4. The van der Waals surface area contributed by atoms with E-state index in [1.54, 1.807) is 6.08 Å². The Kier molecular flexibility index (Phi) is 10.5. The molecule has 0 spiro atoms. The van der Waals surface area contributed by atoms with Crippen LogP contribution in [-0.4, -0.2) is 58.5 Å². The quantitative estimate of drug-likeness (QED) is 0.469. The number of carboxylic acid groups (broad SMARTS) is 1. The average molecular weight is 424 g/mol. The van der Waals surface area contributed by atoms with Gasteiger partial charge in [-0.25, -0.2) is 4.79 Å². The third-order valence-electron chi connectivity index (χ3n) is 6.04. The Morgan fingerprint density at radius 3 is 2.20 bits per heavy atom. The summed E-state index contributed by atoms with van der Waals surface area (Å²) in [6, 6.07) is -0.976. The van der Waals surface area contributed by atoms with Gasteiger partial charge in [0.1, 0.15) is 6.04 Å². The lowest BCUT2D eigenvalue weighted by Crippen LogP contribution is -2.58. The maximum absolute atomic E-state index is 13.1. The van der Waals surface area contributed by atoms with Crippen molar-refractivity contribution in [1.29, 1.82) is 0 Å². The van der Waals surface area contributed by atoms with Gasteiger partial charge < -0.3 is 15.7 Å². The summed E-state index contributed by atoms with van der Waals surface area (Å²) in [5.41, 5.74) is 0.186. The molecule has 1 aliphatic heterocycles. The van der Waals surface area contributed by atoms with E-state index >= 15 is 0 Å². The van der Waals surface area contributed by atoms with Gasteiger partial charge in [-0.05, 0) is 51.5 Å². The lowest BCUT2D eigenvalue weighted by molar-refractivity contribution is -0.134. The second kappa shape index (κ2) is 12.1.